The number of halogens is 2. The van der Waals surface area contributed by atoms with Crippen LogP contribution in [0.4, 0.5) is 5.82 Å². The number of hydrogen-bond acceptors (Lipinski definition) is 4. The van der Waals surface area contributed by atoms with E-state index < -0.39 is 0 Å². The summed E-state index contributed by atoms with van der Waals surface area (Å²) in [5.74, 6) is 1.11. The van der Waals surface area contributed by atoms with E-state index >= 15 is 0 Å². The predicted octanol–water partition coefficient (Wildman–Crippen LogP) is 5.79. The molecule has 0 fully saturated rings. The van der Waals surface area contributed by atoms with E-state index in [1.807, 2.05) is 12.1 Å². The Kier molecular flexibility index (Phi) is 3.94. The minimum atomic E-state index is 0.411. The van der Waals surface area contributed by atoms with Crippen molar-refractivity contribution in [3.8, 4) is 21.8 Å². The largest absolute Gasteiger partial charge is 0.380 e. The summed E-state index contributed by atoms with van der Waals surface area (Å²) in [7, 11) is 0. The second kappa shape index (κ2) is 5.59. The van der Waals surface area contributed by atoms with E-state index in [-0.39, 0.29) is 0 Å². The van der Waals surface area contributed by atoms with Crippen molar-refractivity contribution in [3.05, 3.63) is 43.7 Å². The molecule has 2 aromatic heterocycles. The topological polar surface area (TPSA) is 52.0 Å². The summed E-state index contributed by atoms with van der Waals surface area (Å²) in [5, 5.41) is 3.94. The summed E-state index contributed by atoms with van der Waals surface area (Å²) in [6.07, 6.45) is 0. The van der Waals surface area contributed by atoms with Gasteiger partial charge in [-0.25, -0.2) is 0 Å². The molecule has 0 amide bonds. The molecule has 0 aliphatic heterocycles. The third kappa shape index (κ3) is 2.67. The summed E-state index contributed by atoms with van der Waals surface area (Å²) < 4.78 is 7.47. The normalized spacial score (nSPS) is 11.0. The zero-order chi connectivity index (χ0) is 15.1. The zero-order valence-corrected chi connectivity index (χ0v) is 15.4. The standard InChI is InChI=1S/C15H12Br2N2OS/c1-7-3-4-9(5-8(7)2)12-13(20-19-15(12)18)11-6-10(16)14(17)21-11/h3-6H,1-2H3,(H2,18,19). The highest BCUT2D eigenvalue weighted by atomic mass is 79.9. The van der Waals surface area contributed by atoms with E-state index in [4.69, 9.17) is 10.3 Å². The molecule has 1 aromatic carbocycles. The summed E-state index contributed by atoms with van der Waals surface area (Å²) >= 11 is 8.57. The first-order chi connectivity index (χ1) is 9.97. The molecule has 3 aromatic rings. The first-order valence-corrected chi connectivity index (χ1v) is 8.65. The first kappa shape index (κ1) is 14.8. The van der Waals surface area contributed by atoms with Gasteiger partial charge < -0.3 is 10.3 Å². The fourth-order valence-electron chi connectivity index (χ4n) is 2.10. The molecule has 0 aliphatic carbocycles. The maximum Gasteiger partial charge on any atom is 0.186 e. The van der Waals surface area contributed by atoms with Gasteiger partial charge in [0, 0.05) is 4.47 Å². The van der Waals surface area contributed by atoms with Crippen LogP contribution in [0.1, 0.15) is 11.1 Å². The van der Waals surface area contributed by atoms with Crippen LogP contribution in [0, 0.1) is 13.8 Å². The number of rotatable bonds is 2. The maximum absolute atomic E-state index is 6.02. The van der Waals surface area contributed by atoms with E-state index in [2.05, 4.69) is 63.0 Å². The van der Waals surface area contributed by atoms with Crippen molar-refractivity contribution in [2.24, 2.45) is 0 Å². The van der Waals surface area contributed by atoms with Crippen molar-refractivity contribution in [1.82, 2.24) is 5.16 Å². The van der Waals surface area contributed by atoms with Crippen molar-refractivity contribution in [1.29, 1.82) is 0 Å². The Morgan fingerprint density at radius 3 is 2.52 bits per heavy atom. The van der Waals surface area contributed by atoms with Crippen LogP contribution in [0.3, 0.4) is 0 Å². The number of thiophene rings is 1. The average molecular weight is 428 g/mol. The highest BCUT2D eigenvalue weighted by molar-refractivity contribution is 9.13. The van der Waals surface area contributed by atoms with Crippen molar-refractivity contribution < 1.29 is 4.52 Å². The minimum Gasteiger partial charge on any atom is -0.380 e. The molecule has 108 valence electrons. The highest BCUT2D eigenvalue weighted by Gasteiger charge is 2.20. The Morgan fingerprint density at radius 1 is 1.14 bits per heavy atom. The Hall–Kier alpha value is -1.11. The number of nitrogens with zero attached hydrogens (tertiary/aromatic N) is 1. The molecule has 0 saturated heterocycles. The number of aromatic nitrogens is 1. The van der Waals surface area contributed by atoms with Crippen LogP contribution in [0.15, 0.2) is 37.0 Å². The van der Waals surface area contributed by atoms with E-state index in [0.29, 0.717) is 11.6 Å². The van der Waals surface area contributed by atoms with Gasteiger partial charge in [0.05, 0.1) is 14.2 Å². The fraction of sp³-hybridized carbons (Fsp3) is 0.133. The van der Waals surface area contributed by atoms with Gasteiger partial charge in [0.2, 0.25) is 0 Å². The Balaban J connectivity index is 2.19. The summed E-state index contributed by atoms with van der Waals surface area (Å²) in [6, 6.07) is 8.24. The fourth-order valence-corrected chi connectivity index (χ4v) is 4.12. The Labute approximate surface area is 143 Å². The van der Waals surface area contributed by atoms with Crippen molar-refractivity contribution in [2.45, 2.75) is 13.8 Å². The van der Waals surface area contributed by atoms with Crippen LogP contribution >= 0.6 is 43.2 Å². The molecule has 21 heavy (non-hydrogen) atoms. The number of benzene rings is 1. The number of aryl methyl sites for hydroxylation is 2. The van der Waals surface area contributed by atoms with Crippen molar-refractivity contribution in [3.63, 3.8) is 0 Å². The smallest absolute Gasteiger partial charge is 0.186 e. The van der Waals surface area contributed by atoms with Crippen LogP contribution < -0.4 is 5.73 Å². The average Bonchev–Trinajstić information content (AvgIpc) is 2.97. The van der Waals surface area contributed by atoms with E-state index in [9.17, 15) is 0 Å². The van der Waals surface area contributed by atoms with Crippen LogP contribution in [0.5, 0.6) is 0 Å². The molecule has 0 aliphatic rings. The molecule has 0 radical (unpaired) electrons. The predicted molar refractivity (Wildman–Crippen MR) is 94.5 cm³/mol. The number of hydrogen-bond donors (Lipinski definition) is 1. The van der Waals surface area contributed by atoms with Gasteiger partial charge in [-0.15, -0.1) is 11.3 Å². The molecule has 2 heterocycles. The van der Waals surface area contributed by atoms with Crippen LogP contribution in [-0.4, -0.2) is 5.16 Å². The summed E-state index contributed by atoms with van der Waals surface area (Å²) in [4.78, 5) is 0.978. The number of nitrogens with two attached hydrogens (primary N) is 1. The molecule has 0 spiro atoms. The Bertz CT molecular complexity index is 804. The molecular weight excluding hydrogens is 416 g/mol. The molecule has 6 heteroatoms. The lowest BCUT2D eigenvalue weighted by Gasteiger charge is -2.05. The lowest BCUT2D eigenvalue weighted by molar-refractivity contribution is 0.437. The minimum absolute atomic E-state index is 0.411. The third-order valence-corrected chi connectivity index (χ3v) is 6.64. The highest BCUT2D eigenvalue weighted by Crippen LogP contribution is 2.43. The maximum atomic E-state index is 6.02. The second-order valence-electron chi connectivity index (χ2n) is 4.80. The SMILES string of the molecule is Cc1ccc(-c2c(N)noc2-c2cc(Br)c(Br)s2)cc1C. The van der Waals surface area contributed by atoms with Gasteiger partial charge in [-0.2, -0.15) is 0 Å². The van der Waals surface area contributed by atoms with Gasteiger partial charge in [0.1, 0.15) is 0 Å². The lowest BCUT2D eigenvalue weighted by Crippen LogP contribution is -1.90. The van der Waals surface area contributed by atoms with Gasteiger partial charge in [-0.05, 0) is 68.5 Å². The zero-order valence-electron chi connectivity index (χ0n) is 11.4. The molecule has 0 bridgehead atoms. The first-order valence-electron chi connectivity index (χ1n) is 6.25. The summed E-state index contributed by atoms with van der Waals surface area (Å²) in [6.45, 7) is 4.17. The van der Waals surface area contributed by atoms with Crippen molar-refractivity contribution in [2.75, 3.05) is 5.73 Å². The van der Waals surface area contributed by atoms with E-state index in [1.165, 1.54) is 11.1 Å². The van der Waals surface area contributed by atoms with Crippen LogP contribution in [0.2, 0.25) is 0 Å². The molecule has 3 rings (SSSR count). The Morgan fingerprint density at radius 2 is 1.90 bits per heavy atom. The van der Waals surface area contributed by atoms with Gasteiger partial charge in [-0.1, -0.05) is 23.4 Å². The molecule has 0 saturated carbocycles. The van der Waals surface area contributed by atoms with Gasteiger partial charge in [0.15, 0.2) is 11.6 Å². The van der Waals surface area contributed by atoms with E-state index in [0.717, 1.165) is 24.3 Å². The molecule has 3 nitrogen and oxygen atoms in total. The van der Waals surface area contributed by atoms with Gasteiger partial charge in [-0.3, -0.25) is 0 Å². The van der Waals surface area contributed by atoms with Crippen LogP contribution in [-0.2, 0) is 0 Å². The monoisotopic (exact) mass is 426 g/mol. The van der Waals surface area contributed by atoms with Gasteiger partial charge in [0.25, 0.3) is 0 Å². The third-order valence-electron chi connectivity index (χ3n) is 3.38. The molecule has 0 unspecified atom stereocenters. The van der Waals surface area contributed by atoms with Crippen LogP contribution in [0.25, 0.3) is 21.8 Å². The number of anilines is 1. The number of nitrogen functional groups attached to an aromatic ring is 1. The quantitative estimate of drug-likeness (QED) is 0.562. The van der Waals surface area contributed by atoms with Gasteiger partial charge >= 0.3 is 0 Å². The van der Waals surface area contributed by atoms with Crippen molar-refractivity contribution >= 4 is 49.0 Å². The molecule has 2 N–H and O–H groups in total. The lowest BCUT2D eigenvalue weighted by atomic mass is 10.00. The molecular formula is C15H12Br2N2OS. The summed E-state index contributed by atoms with van der Waals surface area (Å²) in [5.41, 5.74) is 10.4. The van der Waals surface area contributed by atoms with E-state index in [1.54, 1.807) is 11.3 Å². The second-order valence-corrected chi connectivity index (χ2v) is 8.03. The molecule has 0 atom stereocenters.